The number of benzene rings is 1. The summed E-state index contributed by atoms with van der Waals surface area (Å²) in [5, 5.41) is 7.38. The highest BCUT2D eigenvalue weighted by molar-refractivity contribution is 7.98. The lowest BCUT2D eigenvalue weighted by Crippen LogP contribution is -2.40. The molecule has 3 nitrogen and oxygen atoms in total. The van der Waals surface area contributed by atoms with Crippen molar-refractivity contribution in [3.8, 4) is 0 Å². The number of thiophene rings is 2. The maximum absolute atomic E-state index is 12.8. The van der Waals surface area contributed by atoms with Gasteiger partial charge < -0.3 is 5.32 Å². The Balaban J connectivity index is 1.54. The van der Waals surface area contributed by atoms with Gasteiger partial charge in [0.15, 0.2) is 0 Å². The second kappa shape index (κ2) is 7.96. The van der Waals surface area contributed by atoms with Gasteiger partial charge in [0, 0.05) is 21.2 Å². The van der Waals surface area contributed by atoms with Crippen molar-refractivity contribution >= 4 is 46.0 Å². The number of fused-ring (bicyclic) bond motifs is 1. The van der Waals surface area contributed by atoms with Gasteiger partial charge in [-0.1, -0.05) is 18.2 Å². The van der Waals surface area contributed by atoms with Crippen LogP contribution in [-0.4, -0.2) is 30.2 Å². The molecule has 3 heterocycles. The smallest absolute Gasteiger partial charge is 0.238 e. The van der Waals surface area contributed by atoms with Crippen LogP contribution < -0.4 is 5.32 Å². The van der Waals surface area contributed by atoms with Gasteiger partial charge >= 0.3 is 0 Å². The van der Waals surface area contributed by atoms with Gasteiger partial charge in [-0.05, 0) is 53.3 Å². The van der Waals surface area contributed by atoms with Crippen LogP contribution in [0.2, 0.25) is 0 Å². The van der Waals surface area contributed by atoms with Gasteiger partial charge in [0.05, 0.1) is 18.3 Å². The third-order valence-electron chi connectivity index (χ3n) is 4.61. The summed E-state index contributed by atoms with van der Waals surface area (Å²) in [6.07, 6.45) is 3.05. The van der Waals surface area contributed by atoms with Crippen LogP contribution in [-0.2, 0) is 11.2 Å². The highest BCUT2D eigenvalue weighted by Gasteiger charge is 2.31. The van der Waals surface area contributed by atoms with Crippen molar-refractivity contribution < 1.29 is 4.79 Å². The highest BCUT2D eigenvalue weighted by atomic mass is 32.2. The van der Waals surface area contributed by atoms with Crippen LogP contribution in [0.5, 0.6) is 0 Å². The third kappa shape index (κ3) is 3.60. The Morgan fingerprint density at radius 3 is 2.88 bits per heavy atom. The van der Waals surface area contributed by atoms with Crippen molar-refractivity contribution in [2.45, 2.75) is 17.4 Å². The van der Waals surface area contributed by atoms with Gasteiger partial charge in [0.2, 0.25) is 5.91 Å². The normalized spacial score (nSPS) is 17.0. The summed E-state index contributed by atoms with van der Waals surface area (Å²) >= 11 is 5.24. The summed E-state index contributed by atoms with van der Waals surface area (Å²) in [6.45, 7) is 1.31. The quantitative estimate of drug-likeness (QED) is 0.604. The van der Waals surface area contributed by atoms with Gasteiger partial charge in [-0.2, -0.15) is 0 Å². The summed E-state index contributed by atoms with van der Waals surface area (Å²) in [7, 11) is 0. The van der Waals surface area contributed by atoms with E-state index in [-0.39, 0.29) is 11.9 Å². The van der Waals surface area contributed by atoms with Crippen molar-refractivity contribution in [3.05, 3.63) is 68.5 Å². The summed E-state index contributed by atoms with van der Waals surface area (Å²) in [4.78, 5) is 18.9. The molecule has 0 spiro atoms. The van der Waals surface area contributed by atoms with Crippen LogP contribution in [0, 0.1) is 0 Å². The van der Waals surface area contributed by atoms with E-state index < -0.39 is 0 Å². The van der Waals surface area contributed by atoms with E-state index in [0.717, 1.165) is 23.5 Å². The second-order valence-corrected chi connectivity index (χ2v) is 9.01. The molecule has 0 radical (unpaired) electrons. The zero-order chi connectivity index (χ0) is 17.9. The third-order valence-corrected chi connectivity index (χ3v) is 7.32. The van der Waals surface area contributed by atoms with Crippen LogP contribution in [0.25, 0.3) is 0 Å². The number of para-hydroxylation sites is 1. The van der Waals surface area contributed by atoms with E-state index in [2.05, 4.69) is 39.2 Å². The molecule has 0 bridgehead atoms. The molecule has 1 amide bonds. The number of amides is 1. The molecule has 134 valence electrons. The minimum absolute atomic E-state index is 0.0479. The fourth-order valence-corrected chi connectivity index (χ4v) is 5.77. The van der Waals surface area contributed by atoms with Crippen molar-refractivity contribution in [2.75, 3.05) is 24.7 Å². The van der Waals surface area contributed by atoms with Crippen molar-refractivity contribution in [1.29, 1.82) is 0 Å². The number of thioether (sulfide) groups is 1. The molecule has 1 aromatic carbocycles. The van der Waals surface area contributed by atoms with E-state index in [4.69, 9.17) is 0 Å². The van der Waals surface area contributed by atoms with Gasteiger partial charge in [-0.25, -0.2) is 0 Å². The maximum Gasteiger partial charge on any atom is 0.238 e. The second-order valence-electron chi connectivity index (χ2n) is 6.19. The molecule has 0 aliphatic carbocycles. The molecule has 1 N–H and O–H groups in total. The number of nitrogens with zero attached hydrogens (tertiary/aromatic N) is 1. The lowest BCUT2D eigenvalue weighted by Gasteiger charge is -2.34. The molecule has 6 heteroatoms. The molecule has 1 aliphatic heterocycles. The molecule has 2 aromatic heterocycles. The Kier molecular flexibility index (Phi) is 5.45. The van der Waals surface area contributed by atoms with Gasteiger partial charge in [-0.3, -0.25) is 9.69 Å². The molecule has 0 fully saturated rings. The molecule has 26 heavy (non-hydrogen) atoms. The molecular weight excluding hydrogens is 380 g/mol. The van der Waals surface area contributed by atoms with E-state index >= 15 is 0 Å². The van der Waals surface area contributed by atoms with Crippen LogP contribution in [0.4, 0.5) is 5.69 Å². The van der Waals surface area contributed by atoms with E-state index in [1.807, 2.05) is 41.9 Å². The van der Waals surface area contributed by atoms with Crippen LogP contribution in [0.1, 0.15) is 21.4 Å². The topological polar surface area (TPSA) is 32.3 Å². The predicted octanol–water partition coefficient (Wildman–Crippen LogP) is 5.12. The Morgan fingerprint density at radius 1 is 1.19 bits per heavy atom. The first-order valence-electron chi connectivity index (χ1n) is 8.53. The Morgan fingerprint density at radius 2 is 2.08 bits per heavy atom. The number of hydrogen-bond acceptors (Lipinski definition) is 5. The van der Waals surface area contributed by atoms with E-state index in [1.165, 1.54) is 15.3 Å². The van der Waals surface area contributed by atoms with E-state index in [0.29, 0.717) is 6.54 Å². The number of anilines is 1. The Bertz CT molecular complexity index is 888. The molecule has 4 rings (SSSR count). The molecular formula is C20H20N2OS3. The highest BCUT2D eigenvalue weighted by Crippen LogP contribution is 2.39. The summed E-state index contributed by atoms with van der Waals surface area (Å²) < 4.78 is 0. The first-order valence-corrected chi connectivity index (χ1v) is 11.5. The number of nitrogens with one attached hydrogen (secondary N) is 1. The van der Waals surface area contributed by atoms with Gasteiger partial charge in [0.25, 0.3) is 0 Å². The maximum atomic E-state index is 12.8. The summed E-state index contributed by atoms with van der Waals surface area (Å²) in [5.74, 6) is 0.0479. The fraction of sp³-hybridized carbons (Fsp3) is 0.250. The summed E-state index contributed by atoms with van der Waals surface area (Å²) in [5.41, 5.74) is 2.26. The first kappa shape index (κ1) is 17.8. The van der Waals surface area contributed by atoms with Crippen molar-refractivity contribution in [2.24, 2.45) is 0 Å². The Hall–Kier alpha value is -1.60. The average molecular weight is 401 g/mol. The van der Waals surface area contributed by atoms with E-state index in [9.17, 15) is 4.79 Å². The number of carbonyl (C=O) groups excluding carboxylic acids is 1. The molecule has 1 aliphatic rings. The standard InChI is InChI=1S/C20H20N2OS3/c1-24-17-6-3-2-5-15(17)21-19(23)13-22-10-8-16-14(9-12-26-16)20(22)18-7-4-11-25-18/h2-7,9,11-12,20H,8,10,13H2,1H3,(H,21,23)/t20-/m1/s1. The van der Waals surface area contributed by atoms with Crippen LogP contribution in [0.3, 0.4) is 0 Å². The number of carbonyl (C=O) groups is 1. The summed E-state index contributed by atoms with van der Waals surface area (Å²) in [6, 6.07) is 14.6. The van der Waals surface area contributed by atoms with Gasteiger partial charge in [0.1, 0.15) is 0 Å². The molecule has 0 unspecified atom stereocenters. The lowest BCUT2D eigenvalue weighted by atomic mass is 9.98. The monoisotopic (exact) mass is 400 g/mol. The predicted molar refractivity (Wildman–Crippen MR) is 113 cm³/mol. The van der Waals surface area contributed by atoms with Gasteiger partial charge in [-0.15, -0.1) is 34.4 Å². The zero-order valence-corrected chi connectivity index (χ0v) is 16.9. The zero-order valence-electron chi connectivity index (χ0n) is 14.5. The van der Waals surface area contributed by atoms with Crippen LogP contribution >= 0.6 is 34.4 Å². The largest absolute Gasteiger partial charge is 0.324 e. The van der Waals surface area contributed by atoms with Crippen molar-refractivity contribution in [3.63, 3.8) is 0 Å². The van der Waals surface area contributed by atoms with E-state index in [1.54, 1.807) is 23.1 Å². The molecule has 3 aromatic rings. The fourth-order valence-electron chi connectivity index (χ4n) is 3.44. The molecule has 0 saturated carbocycles. The Labute approximate surface area is 166 Å². The number of rotatable bonds is 5. The minimum atomic E-state index is 0.0479. The molecule has 0 saturated heterocycles. The SMILES string of the molecule is CSc1ccccc1NC(=O)CN1CCc2sccc2[C@@H]1c1cccs1. The molecule has 1 atom stereocenters. The number of hydrogen-bond donors (Lipinski definition) is 1. The minimum Gasteiger partial charge on any atom is -0.324 e. The van der Waals surface area contributed by atoms with Crippen molar-refractivity contribution in [1.82, 2.24) is 4.90 Å². The lowest BCUT2D eigenvalue weighted by molar-refractivity contribution is -0.117. The van der Waals surface area contributed by atoms with Crippen LogP contribution in [0.15, 0.2) is 58.1 Å². The average Bonchev–Trinajstić information content (AvgIpc) is 3.33. The first-order chi connectivity index (χ1) is 12.8.